The van der Waals surface area contributed by atoms with Gasteiger partial charge in [-0.1, -0.05) is 17.7 Å². The van der Waals surface area contributed by atoms with Crippen LogP contribution in [0.25, 0.3) is 0 Å². The molecule has 0 aliphatic carbocycles. The first-order valence-electron chi connectivity index (χ1n) is 5.45. The Balaban J connectivity index is 0.00000144. The molecule has 1 aliphatic heterocycles. The number of hydrogen-bond donors (Lipinski definition) is 2. The van der Waals surface area contributed by atoms with Crippen LogP contribution in [0.3, 0.4) is 0 Å². The van der Waals surface area contributed by atoms with E-state index >= 15 is 0 Å². The lowest BCUT2D eigenvalue weighted by Crippen LogP contribution is -2.36. The summed E-state index contributed by atoms with van der Waals surface area (Å²) in [5.74, 6) is -0.0336. The van der Waals surface area contributed by atoms with Gasteiger partial charge in [0.1, 0.15) is 0 Å². The van der Waals surface area contributed by atoms with Crippen LogP contribution >= 0.6 is 24.0 Å². The number of hydrogen-bond acceptors (Lipinski definition) is 2. The van der Waals surface area contributed by atoms with E-state index in [1.54, 1.807) is 18.2 Å². The van der Waals surface area contributed by atoms with E-state index in [-0.39, 0.29) is 24.4 Å². The van der Waals surface area contributed by atoms with Crippen LogP contribution in [-0.2, 0) is 0 Å². The fourth-order valence-corrected chi connectivity index (χ4v) is 2.07. The second-order valence-corrected chi connectivity index (χ2v) is 4.48. The summed E-state index contributed by atoms with van der Waals surface area (Å²) in [6.07, 6.45) is 0.991. The van der Waals surface area contributed by atoms with E-state index in [0.29, 0.717) is 10.6 Å². The molecule has 0 aromatic heterocycles. The van der Waals surface area contributed by atoms with Crippen LogP contribution < -0.4 is 10.6 Å². The van der Waals surface area contributed by atoms with Gasteiger partial charge in [-0.05, 0) is 37.6 Å². The number of benzene rings is 1. The predicted octanol–water partition coefficient (Wildman–Crippen LogP) is 2.16. The zero-order chi connectivity index (χ0) is 11.5. The van der Waals surface area contributed by atoms with Crippen molar-refractivity contribution in [3.8, 4) is 0 Å². The summed E-state index contributed by atoms with van der Waals surface area (Å²) in [4.78, 5) is 12.0. The van der Waals surface area contributed by atoms with Crippen LogP contribution in [0.15, 0.2) is 18.2 Å². The number of carbonyl (C=O) groups excluding carboxylic acids is 1. The van der Waals surface area contributed by atoms with Crippen LogP contribution in [-0.4, -0.2) is 25.0 Å². The normalized spacial score (nSPS) is 18.6. The van der Waals surface area contributed by atoms with Crippen LogP contribution in [0.1, 0.15) is 22.3 Å². The molecule has 5 heteroatoms. The maximum absolute atomic E-state index is 12.0. The fourth-order valence-electron chi connectivity index (χ4n) is 1.89. The third-order valence-electron chi connectivity index (χ3n) is 2.91. The van der Waals surface area contributed by atoms with Gasteiger partial charge in [0.2, 0.25) is 0 Å². The largest absolute Gasteiger partial charge is 0.348 e. The van der Waals surface area contributed by atoms with Gasteiger partial charge in [0.05, 0.1) is 0 Å². The van der Waals surface area contributed by atoms with E-state index < -0.39 is 0 Å². The maximum Gasteiger partial charge on any atom is 0.251 e. The van der Waals surface area contributed by atoms with E-state index in [1.165, 1.54) is 0 Å². The van der Waals surface area contributed by atoms with Gasteiger partial charge < -0.3 is 10.6 Å². The molecule has 1 fully saturated rings. The molecule has 1 amide bonds. The monoisotopic (exact) mass is 274 g/mol. The Morgan fingerprint density at radius 1 is 1.53 bits per heavy atom. The molecule has 1 heterocycles. The lowest BCUT2D eigenvalue weighted by Gasteiger charge is -2.13. The quantitative estimate of drug-likeness (QED) is 0.868. The van der Waals surface area contributed by atoms with Gasteiger partial charge in [0.15, 0.2) is 0 Å². The third-order valence-corrected chi connectivity index (χ3v) is 3.32. The standard InChI is InChI=1S/C12H15ClN2O.ClH/c1-8-10(3-2-4-11(8)13)12(16)15-9-5-6-14-7-9;/h2-4,9,14H,5-7H2,1H3,(H,15,16);1H. The highest BCUT2D eigenvalue weighted by Gasteiger charge is 2.18. The van der Waals surface area contributed by atoms with Gasteiger partial charge in [0.25, 0.3) is 5.91 Å². The van der Waals surface area contributed by atoms with Crippen molar-refractivity contribution in [1.82, 2.24) is 10.6 Å². The van der Waals surface area contributed by atoms with Crippen molar-refractivity contribution < 1.29 is 4.79 Å². The minimum atomic E-state index is -0.0336. The molecule has 17 heavy (non-hydrogen) atoms. The zero-order valence-electron chi connectivity index (χ0n) is 9.63. The molecule has 1 saturated heterocycles. The first-order valence-corrected chi connectivity index (χ1v) is 5.83. The molecule has 94 valence electrons. The predicted molar refractivity (Wildman–Crippen MR) is 72.2 cm³/mol. The number of halogens is 2. The smallest absolute Gasteiger partial charge is 0.251 e. The van der Waals surface area contributed by atoms with E-state index in [9.17, 15) is 4.79 Å². The molecule has 3 nitrogen and oxygen atoms in total. The van der Waals surface area contributed by atoms with Crippen molar-refractivity contribution in [1.29, 1.82) is 0 Å². The molecular weight excluding hydrogens is 259 g/mol. The molecule has 1 unspecified atom stereocenters. The van der Waals surface area contributed by atoms with Crippen molar-refractivity contribution in [3.05, 3.63) is 34.3 Å². The van der Waals surface area contributed by atoms with Crippen LogP contribution in [0.5, 0.6) is 0 Å². The number of amides is 1. The molecule has 0 saturated carbocycles. The van der Waals surface area contributed by atoms with Gasteiger partial charge in [-0.15, -0.1) is 12.4 Å². The van der Waals surface area contributed by atoms with E-state index in [2.05, 4.69) is 10.6 Å². The highest BCUT2D eigenvalue weighted by atomic mass is 35.5. The molecule has 2 rings (SSSR count). The summed E-state index contributed by atoms with van der Waals surface area (Å²) in [6, 6.07) is 5.65. The van der Waals surface area contributed by atoms with Crippen molar-refractivity contribution in [3.63, 3.8) is 0 Å². The summed E-state index contributed by atoms with van der Waals surface area (Å²) in [6.45, 7) is 3.69. The molecule has 1 aromatic rings. The van der Waals surface area contributed by atoms with Gasteiger partial charge in [-0.3, -0.25) is 4.79 Å². The Morgan fingerprint density at radius 3 is 2.94 bits per heavy atom. The van der Waals surface area contributed by atoms with E-state index in [1.807, 2.05) is 6.92 Å². The Bertz CT molecular complexity index is 403. The van der Waals surface area contributed by atoms with Crippen molar-refractivity contribution in [2.45, 2.75) is 19.4 Å². The molecule has 0 bridgehead atoms. The highest BCUT2D eigenvalue weighted by Crippen LogP contribution is 2.18. The Morgan fingerprint density at radius 2 is 2.29 bits per heavy atom. The minimum absolute atomic E-state index is 0. The second kappa shape index (κ2) is 6.24. The van der Waals surface area contributed by atoms with Gasteiger partial charge in [-0.25, -0.2) is 0 Å². The molecule has 1 aromatic carbocycles. The summed E-state index contributed by atoms with van der Waals surface area (Å²) < 4.78 is 0. The fraction of sp³-hybridized carbons (Fsp3) is 0.417. The topological polar surface area (TPSA) is 41.1 Å². The summed E-state index contributed by atoms with van der Waals surface area (Å²) in [7, 11) is 0. The number of nitrogens with one attached hydrogen (secondary N) is 2. The first kappa shape index (κ1) is 14.3. The van der Waals surface area contributed by atoms with Crippen molar-refractivity contribution in [2.75, 3.05) is 13.1 Å². The Hall–Kier alpha value is -0.770. The first-order chi connectivity index (χ1) is 7.68. The van der Waals surface area contributed by atoms with Crippen molar-refractivity contribution in [2.24, 2.45) is 0 Å². The molecular formula is C12H16Cl2N2O. The molecule has 0 spiro atoms. The lowest BCUT2D eigenvalue weighted by atomic mass is 10.1. The molecule has 2 N–H and O–H groups in total. The average Bonchev–Trinajstić information content (AvgIpc) is 2.74. The SMILES string of the molecule is Cc1c(Cl)cccc1C(=O)NC1CCNC1.Cl. The molecule has 1 aliphatic rings. The van der Waals surface area contributed by atoms with Crippen LogP contribution in [0, 0.1) is 6.92 Å². The summed E-state index contributed by atoms with van der Waals surface area (Å²) in [5, 5.41) is 6.85. The average molecular weight is 275 g/mol. The van der Waals surface area contributed by atoms with Gasteiger partial charge >= 0.3 is 0 Å². The zero-order valence-corrected chi connectivity index (χ0v) is 11.2. The number of rotatable bonds is 2. The third kappa shape index (κ3) is 3.35. The van der Waals surface area contributed by atoms with E-state index in [4.69, 9.17) is 11.6 Å². The van der Waals surface area contributed by atoms with Crippen molar-refractivity contribution >= 4 is 29.9 Å². The highest BCUT2D eigenvalue weighted by molar-refractivity contribution is 6.31. The lowest BCUT2D eigenvalue weighted by molar-refractivity contribution is 0.0939. The molecule has 1 atom stereocenters. The minimum Gasteiger partial charge on any atom is -0.348 e. The van der Waals surface area contributed by atoms with Crippen LogP contribution in [0.4, 0.5) is 0 Å². The maximum atomic E-state index is 12.0. The summed E-state index contributed by atoms with van der Waals surface area (Å²) >= 11 is 5.98. The van der Waals surface area contributed by atoms with Gasteiger partial charge in [-0.2, -0.15) is 0 Å². The second-order valence-electron chi connectivity index (χ2n) is 4.08. The van der Waals surface area contributed by atoms with E-state index in [0.717, 1.165) is 25.1 Å². The molecule has 0 radical (unpaired) electrons. The van der Waals surface area contributed by atoms with Gasteiger partial charge in [0, 0.05) is 23.2 Å². The summed E-state index contributed by atoms with van der Waals surface area (Å²) in [5.41, 5.74) is 1.51. The Labute approximate surface area is 112 Å². The Kier molecular flexibility index (Phi) is 5.25. The van der Waals surface area contributed by atoms with Crippen LogP contribution in [0.2, 0.25) is 5.02 Å². The number of carbonyl (C=O) groups is 1.